The standard InChI is InChI=1S/C22H35N3O2/c1-6-23(7-2)13-12-20(26)24-14-16-25(17-15-24)21(27)18-8-10-19(11-9-18)22(3,4)5/h8-11H,6-7,12-17H2,1-5H3. The van der Waals surface area contributed by atoms with Crippen LogP contribution < -0.4 is 0 Å². The Labute approximate surface area is 164 Å². The van der Waals surface area contributed by atoms with Gasteiger partial charge in [0.05, 0.1) is 0 Å². The second-order valence-corrected chi connectivity index (χ2v) is 8.28. The highest BCUT2D eigenvalue weighted by Gasteiger charge is 2.25. The molecule has 0 atom stereocenters. The van der Waals surface area contributed by atoms with Crippen molar-refractivity contribution in [3.05, 3.63) is 35.4 Å². The van der Waals surface area contributed by atoms with Crippen molar-refractivity contribution in [1.82, 2.24) is 14.7 Å². The molecule has 1 aromatic rings. The molecule has 2 rings (SSSR count). The average molecular weight is 374 g/mol. The molecule has 0 unspecified atom stereocenters. The monoisotopic (exact) mass is 373 g/mol. The van der Waals surface area contributed by atoms with Crippen LogP contribution in [0.1, 0.15) is 57.0 Å². The van der Waals surface area contributed by atoms with E-state index in [9.17, 15) is 9.59 Å². The number of hydrogen-bond donors (Lipinski definition) is 0. The molecule has 0 aliphatic carbocycles. The van der Waals surface area contributed by atoms with Crippen LogP contribution in [0.2, 0.25) is 0 Å². The van der Waals surface area contributed by atoms with Crippen molar-refractivity contribution < 1.29 is 9.59 Å². The molecule has 5 heteroatoms. The van der Waals surface area contributed by atoms with Crippen molar-refractivity contribution >= 4 is 11.8 Å². The largest absolute Gasteiger partial charge is 0.339 e. The predicted molar refractivity (Wildman–Crippen MR) is 110 cm³/mol. The third kappa shape index (κ3) is 5.80. The fourth-order valence-electron chi connectivity index (χ4n) is 3.41. The van der Waals surface area contributed by atoms with Gasteiger partial charge in [-0.25, -0.2) is 0 Å². The van der Waals surface area contributed by atoms with E-state index in [2.05, 4.69) is 39.5 Å². The minimum atomic E-state index is 0.0608. The van der Waals surface area contributed by atoms with Gasteiger partial charge in [0.15, 0.2) is 0 Å². The van der Waals surface area contributed by atoms with Crippen molar-refractivity contribution in [2.75, 3.05) is 45.8 Å². The molecule has 1 fully saturated rings. The molecule has 1 aliphatic heterocycles. The van der Waals surface area contributed by atoms with E-state index in [-0.39, 0.29) is 17.2 Å². The van der Waals surface area contributed by atoms with Crippen LogP contribution in [0, 0.1) is 0 Å². The van der Waals surface area contributed by atoms with Gasteiger partial charge in [-0.15, -0.1) is 0 Å². The molecule has 0 aromatic heterocycles. The highest BCUT2D eigenvalue weighted by atomic mass is 16.2. The molecule has 1 heterocycles. The minimum absolute atomic E-state index is 0.0608. The molecule has 0 spiro atoms. The minimum Gasteiger partial charge on any atom is -0.339 e. The number of hydrogen-bond acceptors (Lipinski definition) is 3. The quantitative estimate of drug-likeness (QED) is 0.770. The smallest absolute Gasteiger partial charge is 0.253 e. The summed E-state index contributed by atoms with van der Waals surface area (Å²) in [4.78, 5) is 31.2. The maximum absolute atomic E-state index is 12.7. The molecule has 1 aromatic carbocycles. The second-order valence-electron chi connectivity index (χ2n) is 8.28. The lowest BCUT2D eigenvalue weighted by molar-refractivity contribution is -0.133. The Morgan fingerprint density at radius 1 is 0.926 bits per heavy atom. The molecule has 150 valence electrons. The molecule has 0 bridgehead atoms. The Kier molecular flexibility index (Phi) is 7.42. The summed E-state index contributed by atoms with van der Waals surface area (Å²) in [6, 6.07) is 7.93. The van der Waals surface area contributed by atoms with E-state index in [1.54, 1.807) is 0 Å². The zero-order valence-electron chi connectivity index (χ0n) is 17.6. The summed E-state index contributed by atoms with van der Waals surface area (Å²) in [5.74, 6) is 0.259. The zero-order valence-corrected chi connectivity index (χ0v) is 17.6. The number of carbonyl (C=O) groups is 2. The van der Waals surface area contributed by atoms with Gasteiger partial charge in [0.25, 0.3) is 5.91 Å². The first kappa shape index (κ1) is 21.4. The van der Waals surface area contributed by atoms with Crippen molar-refractivity contribution in [3.8, 4) is 0 Å². The summed E-state index contributed by atoms with van der Waals surface area (Å²) >= 11 is 0. The maximum atomic E-state index is 12.7. The molecular weight excluding hydrogens is 338 g/mol. The number of amides is 2. The first-order valence-electron chi connectivity index (χ1n) is 10.2. The SMILES string of the molecule is CCN(CC)CCC(=O)N1CCN(C(=O)c2ccc(C(C)(C)C)cc2)CC1. The third-order valence-electron chi connectivity index (χ3n) is 5.45. The summed E-state index contributed by atoms with van der Waals surface area (Å²) in [5, 5.41) is 0. The molecule has 2 amide bonds. The number of piperazine rings is 1. The lowest BCUT2D eigenvalue weighted by atomic mass is 9.86. The van der Waals surface area contributed by atoms with Gasteiger partial charge in [0.2, 0.25) is 5.91 Å². The highest BCUT2D eigenvalue weighted by molar-refractivity contribution is 5.94. The second kappa shape index (κ2) is 9.36. The molecule has 0 N–H and O–H groups in total. The van der Waals surface area contributed by atoms with Gasteiger partial charge < -0.3 is 14.7 Å². The Morgan fingerprint density at radius 3 is 1.93 bits per heavy atom. The van der Waals surface area contributed by atoms with Crippen LogP contribution in [0.3, 0.4) is 0 Å². The van der Waals surface area contributed by atoms with E-state index in [0.717, 1.165) is 25.2 Å². The Morgan fingerprint density at radius 2 is 1.44 bits per heavy atom. The van der Waals surface area contributed by atoms with Crippen LogP contribution in [-0.2, 0) is 10.2 Å². The van der Waals surface area contributed by atoms with E-state index in [1.165, 1.54) is 5.56 Å². The van der Waals surface area contributed by atoms with Gasteiger partial charge in [-0.3, -0.25) is 9.59 Å². The first-order chi connectivity index (χ1) is 12.8. The van der Waals surface area contributed by atoms with Crippen molar-refractivity contribution in [2.45, 2.75) is 46.5 Å². The van der Waals surface area contributed by atoms with Crippen LogP contribution >= 0.6 is 0 Å². The molecule has 0 radical (unpaired) electrons. The lowest BCUT2D eigenvalue weighted by Crippen LogP contribution is -2.51. The Hall–Kier alpha value is -1.88. The van der Waals surface area contributed by atoms with Gasteiger partial charge >= 0.3 is 0 Å². The van der Waals surface area contributed by atoms with Crippen molar-refractivity contribution in [2.24, 2.45) is 0 Å². The summed E-state index contributed by atoms with van der Waals surface area (Å²) < 4.78 is 0. The van der Waals surface area contributed by atoms with Crippen LogP contribution in [-0.4, -0.2) is 72.3 Å². The third-order valence-corrected chi connectivity index (χ3v) is 5.45. The van der Waals surface area contributed by atoms with Crippen LogP contribution in [0.25, 0.3) is 0 Å². The zero-order chi connectivity index (χ0) is 20.0. The van der Waals surface area contributed by atoms with Gasteiger partial charge in [-0.1, -0.05) is 46.8 Å². The van der Waals surface area contributed by atoms with E-state index in [4.69, 9.17) is 0 Å². The molecule has 1 saturated heterocycles. The normalized spacial score (nSPS) is 15.3. The van der Waals surface area contributed by atoms with Gasteiger partial charge in [0, 0.05) is 44.7 Å². The van der Waals surface area contributed by atoms with E-state index in [0.29, 0.717) is 32.6 Å². The van der Waals surface area contributed by atoms with Gasteiger partial charge in [-0.05, 0) is 36.2 Å². The topological polar surface area (TPSA) is 43.9 Å². The summed E-state index contributed by atoms with van der Waals surface area (Å²) in [5.41, 5.74) is 2.03. The lowest BCUT2D eigenvalue weighted by Gasteiger charge is -2.35. The van der Waals surface area contributed by atoms with Crippen molar-refractivity contribution in [3.63, 3.8) is 0 Å². The molecule has 0 saturated carbocycles. The summed E-state index contributed by atoms with van der Waals surface area (Å²) in [7, 11) is 0. The van der Waals surface area contributed by atoms with Gasteiger partial charge in [0.1, 0.15) is 0 Å². The highest BCUT2D eigenvalue weighted by Crippen LogP contribution is 2.22. The first-order valence-corrected chi connectivity index (χ1v) is 10.2. The average Bonchev–Trinajstić information content (AvgIpc) is 2.67. The number of nitrogens with zero attached hydrogens (tertiary/aromatic N) is 3. The molecule has 5 nitrogen and oxygen atoms in total. The maximum Gasteiger partial charge on any atom is 0.253 e. The summed E-state index contributed by atoms with van der Waals surface area (Å²) in [6.07, 6.45) is 0.559. The predicted octanol–water partition coefficient (Wildman–Crippen LogP) is 3.00. The van der Waals surface area contributed by atoms with E-state index < -0.39 is 0 Å². The van der Waals surface area contributed by atoms with E-state index >= 15 is 0 Å². The molecule has 27 heavy (non-hydrogen) atoms. The number of carbonyl (C=O) groups excluding carboxylic acids is 2. The van der Waals surface area contributed by atoms with Crippen LogP contribution in [0.5, 0.6) is 0 Å². The Balaban J connectivity index is 1.86. The van der Waals surface area contributed by atoms with Crippen LogP contribution in [0.15, 0.2) is 24.3 Å². The number of rotatable bonds is 6. The molecule has 1 aliphatic rings. The fourth-order valence-corrected chi connectivity index (χ4v) is 3.41. The van der Waals surface area contributed by atoms with E-state index in [1.807, 2.05) is 34.1 Å². The van der Waals surface area contributed by atoms with Crippen molar-refractivity contribution in [1.29, 1.82) is 0 Å². The van der Waals surface area contributed by atoms with Crippen LogP contribution in [0.4, 0.5) is 0 Å². The van der Waals surface area contributed by atoms with Gasteiger partial charge in [-0.2, -0.15) is 0 Å². The molecular formula is C22H35N3O2. The Bertz CT molecular complexity index is 622. The fraction of sp³-hybridized carbons (Fsp3) is 0.636. The number of benzene rings is 1. The summed E-state index contributed by atoms with van der Waals surface area (Å²) in [6.45, 7) is 16.0.